The summed E-state index contributed by atoms with van der Waals surface area (Å²) in [7, 11) is 0. The quantitative estimate of drug-likeness (QED) is 0.636. The Balaban J connectivity index is 2.28. The summed E-state index contributed by atoms with van der Waals surface area (Å²) >= 11 is 3.37. The molecule has 0 aliphatic heterocycles. The van der Waals surface area contributed by atoms with Crippen molar-refractivity contribution >= 4 is 21.7 Å². The first-order valence-corrected chi connectivity index (χ1v) is 6.03. The van der Waals surface area contributed by atoms with Gasteiger partial charge in [0.2, 0.25) is 0 Å². The highest BCUT2D eigenvalue weighted by molar-refractivity contribution is 9.08. The van der Waals surface area contributed by atoms with Gasteiger partial charge in [-0.3, -0.25) is 9.78 Å². The molecule has 0 saturated carbocycles. The number of rotatable bonds is 3. The fourth-order valence-electron chi connectivity index (χ4n) is 1.41. The Morgan fingerprint density at radius 1 is 1.12 bits per heavy atom. The average molecular weight is 276 g/mol. The number of benzene rings is 1. The van der Waals surface area contributed by atoms with Crippen LogP contribution in [0.4, 0.5) is 0 Å². The molecule has 1 aromatic heterocycles. The highest BCUT2D eigenvalue weighted by Gasteiger charge is 2.07. The molecule has 0 radical (unpaired) electrons. The summed E-state index contributed by atoms with van der Waals surface area (Å²) in [5.41, 5.74) is 2.47. The molecule has 2 nitrogen and oxygen atoms in total. The summed E-state index contributed by atoms with van der Waals surface area (Å²) in [4.78, 5) is 15.9. The van der Waals surface area contributed by atoms with Gasteiger partial charge in [0.25, 0.3) is 0 Å². The molecule has 0 atom stereocenters. The lowest BCUT2D eigenvalue weighted by molar-refractivity contribution is 0.103. The molecule has 1 aromatic carbocycles. The van der Waals surface area contributed by atoms with E-state index in [9.17, 15) is 4.79 Å². The van der Waals surface area contributed by atoms with Crippen LogP contribution in [0.15, 0.2) is 48.8 Å². The van der Waals surface area contributed by atoms with E-state index in [4.69, 9.17) is 0 Å². The Morgan fingerprint density at radius 2 is 1.88 bits per heavy atom. The first-order chi connectivity index (χ1) is 7.81. The summed E-state index contributed by atoms with van der Waals surface area (Å²) < 4.78 is 0. The van der Waals surface area contributed by atoms with E-state index >= 15 is 0 Å². The van der Waals surface area contributed by atoms with Gasteiger partial charge in [-0.2, -0.15) is 0 Å². The molecule has 0 bridgehead atoms. The molecule has 0 fully saturated rings. The number of hydrogen-bond donors (Lipinski definition) is 0. The van der Waals surface area contributed by atoms with E-state index in [0.717, 1.165) is 10.9 Å². The number of carbonyl (C=O) groups is 1. The number of hydrogen-bond acceptors (Lipinski definition) is 2. The van der Waals surface area contributed by atoms with Crippen LogP contribution in [0.2, 0.25) is 0 Å². The Hall–Kier alpha value is -1.48. The van der Waals surface area contributed by atoms with Crippen LogP contribution in [0, 0.1) is 0 Å². The van der Waals surface area contributed by atoms with Gasteiger partial charge in [-0.15, -0.1) is 0 Å². The zero-order chi connectivity index (χ0) is 11.4. The summed E-state index contributed by atoms with van der Waals surface area (Å²) in [6.07, 6.45) is 3.24. The van der Waals surface area contributed by atoms with Crippen molar-refractivity contribution < 1.29 is 4.79 Å². The van der Waals surface area contributed by atoms with Gasteiger partial charge in [0.1, 0.15) is 0 Å². The van der Waals surface area contributed by atoms with Crippen molar-refractivity contribution in [1.29, 1.82) is 0 Å². The van der Waals surface area contributed by atoms with E-state index < -0.39 is 0 Å². The summed E-state index contributed by atoms with van der Waals surface area (Å²) in [6.45, 7) is 0. The predicted molar refractivity (Wildman–Crippen MR) is 66.7 cm³/mol. The summed E-state index contributed by atoms with van der Waals surface area (Å²) in [5, 5.41) is 0.800. The van der Waals surface area contributed by atoms with Gasteiger partial charge < -0.3 is 0 Å². The lowest BCUT2D eigenvalue weighted by Gasteiger charge is -2.01. The molecule has 0 saturated heterocycles. The number of pyridine rings is 1. The van der Waals surface area contributed by atoms with Crippen LogP contribution < -0.4 is 0 Å². The van der Waals surface area contributed by atoms with Crippen molar-refractivity contribution in [1.82, 2.24) is 4.98 Å². The lowest BCUT2D eigenvalue weighted by Crippen LogP contribution is -2.01. The van der Waals surface area contributed by atoms with Crippen molar-refractivity contribution in [3.63, 3.8) is 0 Å². The summed E-state index contributed by atoms with van der Waals surface area (Å²) in [5.74, 6) is 0.00854. The van der Waals surface area contributed by atoms with E-state index in [0.29, 0.717) is 11.1 Å². The third-order valence-corrected chi connectivity index (χ3v) is 2.94. The van der Waals surface area contributed by atoms with E-state index in [-0.39, 0.29) is 5.78 Å². The molecule has 0 aliphatic rings. The van der Waals surface area contributed by atoms with Crippen molar-refractivity contribution in [3.05, 3.63) is 65.5 Å². The molecule has 80 valence electrons. The van der Waals surface area contributed by atoms with Crippen molar-refractivity contribution in [2.75, 3.05) is 0 Å². The minimum absolute atomic E-state index is 0.00854. The number of aromatic nitrogens is 1. The third-order valence-electron chi connectivity index (χ3n) is 2.29. The molecular weight excluding hydrogens is 266 g/mol. The molecule has 3 heteroatoms. The van der Waals surface area contributed by atoms with Crippen LogP contribution in [0.3, 0.4) is 0 Å². The minimum Gasteiger partial charge on any atom is -0.289 e. The molecule has 0 amide bonds. The van der Waals surface area contributed by atoms with Crippen LogP contribution in [0.25, 0.3) is 0 Å². The third kappa shape index (κ3) is 2.36. The van der Waals surface area contributed by atoms with Crippen LogP contribution in [0.5, 0.6) is 0 Å². The maximum absolute atomic E-state index is 12.0. The average Bonchev–Trinajstić information content (AvgIpc) is 2.39. The minimum atomic E-state index is 0.00854. The highest BCUT2D eigenvalue weighted by atomic mass is 79.9. The molecule has 16 heavy (non-hydrogen) atoms. The summed E-state index contributed by atoms with van der Waals surface area (Å²) in [6, 6.07) is 11.1. The van der Waals surface area contributed by atoms with Crippen LogP contribution in [0.1, 0.15) is 21.5 Å². The fourth-order valence-corrected chi connectivity index (χ4v) is 1.78. The Morgan fingerprint density at radius 3 is 2.44 bits per heavy atom. The number of alkyl halides is 1. The SMILES string of the molecule is O=C(c1ccc(CBr)cc1)c1cccnc1. The van der Waals surface area contributed by atoms with Gasteiger partial charge >= 0.3 is 0 Å². The molecule has 2 rings (SSSR count). The monoisotopic (exact) mass is 275 g/mol. The first-order valence-electron chi connectivity index (χ1n) is 4.91. The fraction of sp³-hybridized carbons (Fsp3) is 0.0769. The predicted octanol–water partition coefficient (Wildman–Crippen LogP) is 3.21. The van der Waals surface area contributed by atoms with Crippen LogP contribution in [-0.4, -0.2) is 10.8 Å². The normalized spacial score (nSPS) is 10.1. The molecular formula is C13H10BrNO. The molecule has 0 spiro atoms. The zero-order valence-corrected chi connectivity index (χ0v) is 10.1. The molecule has 0 N–H and O–H groups in total. The molecule has 1 heterocycles. The van der Waals surface area contributed by atoms with Crippen molar-refractivity contribution in [3.8, 4) is 0 Å². The Labute approximate surface area is 102 Å². The van der Waals surface area contributed by atoms with E-state index in [1.807, 2.05) is 24.3 Å². The largest absolute Gasteiger partial charge is 0.289 e. The van der Waals surface area contributed by atoms with E-state index in [1.165, 1.54) is 0 Å². The van der Waals surface area contributed by atoms with Gasteiger partial charge in [-0.05, 0) is 17.7 Å². The highest BCUT2D eigenvalue weighted by Crippen LogP contribution is 2.11. The molecule has 0 unspecified atom stereocenters. The lowest BCUT2D eigenvalue weighted by atomic mass is 10.0. The van der Waals surface area contributed by atoms with Gasteiger partial charge in [0.05, 0.1) is 0 Å². The van der Waals surface area contributed by atoms with E-state index in [2.05, 4.69) is 20.9 Å². The molecule has 2 aromatic rings. The number of ketones is 1. The molecule has 0 aliphatic carbocycles. The van der Waals surface area contributed by atoms with Gasteiger partial charge in [0, 0.05) is 28.9 Å². The van der Waals surface area contributed by atoms with Crippen LogP contribution in [-0.2, 0) is 5.33 Å². The Kier molecular flexibility index (Phi) is 3.47. The van der Waals surface area contributed by atoms with Gasteiger partial charge in [-0.25, -0.2) is 0 Å². The number of nitrogens with zero attached hydrogens (tertiary/aromatic N) is 1. The maximum atomic E-state index is 12.0. The topological polar surface area (TPSA) is 30.0 Å². The van der Waals surface area contributed by atoms with Crippen molar-refractivity contribution in [2.24, 2.45) is 0 Å². The first kappa shape index (κ1) is 11.0. The number of halogens is 1. The van der Waals surface area contributed by atoms with E-state index in [1.54, 1.807) is 24.5 Å². The second-order valence-corrected chi connectivity index (χ2v) is 3.96. The van der Waals surface area contributed by atoms with Crippen molar-refractivity contribution in [2.45, 2.75) is 5.33 Å². The second kappa shape index (κ2) is 5.03. The Bertz CT molecular complexity index is 479. The maximum Gasteiger partial charge on any atom is 0.194 e. The smallest absolute Gasteiger partial charge is 0.194 e. The number of carbonyl (C=O) groups excluding carboxylic acids is 1. The van der Waals surface area contributed by atoms with Crippen LogP contribution >= 0.6 is 15.9 Å². The van der Waals surface area contributed by atoms with Gasteiger partial charge in [0.15, 0.2) is 5.78 Å². The van der Waals surface area contributed by atoms with Gasteiger partial charge in [-0.1, -0.05) is 40.2 Å². The second-order valence-electron chi connectivity index (χ2n) is 3.40. The standard InChI is InChI=1S/C13H10BrNO/c14-8-10-3-5-11(6-4-10)13(16)12-2-1-7-15-9-12/h1-7,9H,8H2. The zero-order valence-electron chi connectivity index (χ0n) is 8.56.